The second kappa shape index (κ2) is 9.43. The van der Waals surface area contributed by atoms with Crippen molar-refractivity contribution < 1.29 is 19.1 Å². The first kappa shape index (κ1) is 19.3. The number of ether oxygens (including phenoxy) is 2. The molecule has 2 N–H and O–H groups in total. The maximum absolute atomic E-state index is 11.9. The molecule has 0 radical (unpaired) electrons. The lowest BCUT2D eigenvalue weighted by Crippen LogP contribution is -2.34. The summed E-state index contributed by atoms with van der Waals surface area (Å²) in [4.78, 5) is 23.7. The molecule has 136 valence electrons. The van der Waals surface area contributed by atoms with Crippen LogP contribution in [0.2, 0.25) is 5.02 Å². The number of hydrogen-bond donors (Lipinski definition) is 2. The number of methoxy groups -OCH3 is 2. The van der Waals surface area contributed by atoms with Gasteiger partial charge in [0, 0.05) is 10.6 Å². The zero-order valence-corrected chi connectivity index (χ0v) is 15.0. The highest BCUT2D eigenvalue weighted by atomic mass is 35.5. The highest BCUT2D eigenvalue weighted by molar-refractivity contribution is 6.30. The van der Waals surface area contributed by atoms with Gasteiger partial charge in [0.2, 0.25) is 0 Å². The van der Waals surface area contributed by atoms with Crippen LogP contribution in [0, 0.1) is 0 Å². The van der Waals surface area contributed by atoms with Gasteiger partial charge in [-0.3, -0.25) is 9.59 Å². The Morgan fingerprint density at radius 1 is 1.12 bits per heavy atom. The molecule has 26 heavy (non-hydrogen) atoms. The normalized spacial score (nSPS) is 10.4. The highest BCUT2D eigenvalue weighted by Gasteiger charge is 2.08. The Balaban J connectivity index is 1.85. The third-order valence-corrected chi connectivity index (χ3v) is 3.54. The van der Waals surface area contributed by atoms with Crippen LogP contribution in [0.1, 0.15) is 15.9 Å². The van der Waals surface area contributed by atoms with E-state index in [4.69, 9.17) is 21.1 Å². The zero-order chi connectivity index (χ0) is 18.9. The summed E-state index contributed by atoms with van der Waals surface area (Å²) in [6.45, 7) is -0.214. The predicted octanol–water partition coefficient (Wildman–Crippen LogP) is 2.24. The molecule has 0 aliphatic carbocycles. The predicted molar refractivity (Wildman–Crippen MR) is 99.1 cm³/mol. The van der Waals surface area contributed by atoms with Gasteiger partial charge in [-0.1, -0.05) is 17.7 Å². The molecule has 0 atom stereocenters. The lowest BCUT2D eigenvalue weighted by Gasteiger charge is -2.07. The Kier molecular flexibility index (Phi) is 6.99. The van der Waals surface area contributed by atoms with E-state index in [0.717, 1.165) is 0 Å². The van der Waals surface area contributed by atoms with Crippen molar-refractivity contribution in [3.05, 3.63) is 58.6 Å². The average Bonchev–Trinajstić information content (AvgIpc) is 2.65. The molecule has 0 saturated carbocycles. The van der Waals surface area contributed by atoms with Crippen LogP contribution >= 0.6 is 11.6 Å². The average molecular weight is 376 g/mol. The van der Waals surface area contributed by atoms with Crippen molar-refractivity contribution in [2.45, 2.75) is 0 Å². The van der Waals surface area contributed by atoms with Crippen molar-refractivity contribution in [2.24, 2.45) is 5.10 Å². The van der Waals surface area contributed by atoms with Crippen molar-refractivity contribution in [3.8, 4) is 11.5 Å². The van der Waals surface area contributed by atoms with E-state index in [1.807, 2.05) is 0 Å². The first-order chi connectivity index (χ1) is 12.5. The monoisotopic (exact) mass is 375 g/mol. The largest absolute Gasteiger partial charge is 0.493 e. The Hall–Kier alpha value is -3.06. The molecule has 8 heteroatoms. The minimum Gasteiger partial charge on any atom is -0.493 e. The molecule has 7 nitrogen and oxygen atoms in total. The Morgan fingerprint density at radius 2 is 1.88 bits per heavy atom. The zero-order valence-electron chi connectivity index (χ0n) is 14.3. The molecule has 0 bridgehead atoms. The molecule has 0 heterocycles. The molecule has 0 spiro atoms. The summed E-state index contributed by atoms with van der Waals surface area (Å²) in [5.41, 5.74) is 3.42. The number of halogens is 1. The summed E-state index contributed by atoms with van der Waals surface area (Å²) in [6.07, 6.45) is 1.46. The smallest absolute Gasteiger partial charge is 0.259 e. The minimum absolute atomic E-state index is 0.214. The molecule has 0 fully saturated rings. The molecule has 0 saturated heterocycles. The van der Waals surface area contributed by atoms with E-state index < -0.39 is 11.8 Å². The third-order valence-electron chi connectivity index (χ3n) is 3.31. The van der Waals surface area contributed by atoms with Gasteiger partial charge in [0.15, 0.2) is 11.5 Å². The van der Waals surface area contributed by atoms with Crippen molar-refractivity contribution in [2.75, 3.05) is 20.8 Å². The van der Waals surface area contributed by atoms with Gasteiger partial charge in [-0.2, -0.15) is 5.10 Å². The molecule has 2 aromatic carbocycles. The number of rotatable bonds is 7. The van der Waals surface area contributed by atoms with Gasteiger partial charge in [0.05, 0.1) is 27.0 Å². The fourth-order valence-corrected chi connectivity index (χ4v) is 2.23. The summed E-state index contributed by atoms with van der Waals surface area (Å²) in [5, 5.41) is 6.78. The van der Waals surface area contributed by atoms with Gasteiger partial charge in [-0.25, -0.2) is 5.43 Å². The second-order valence-corrected chi connectivity index (χ2v) is 5.54. The molecular formula is C18H18ClN3O4. The fraction of sp³-hybridized carbons (Fsp3) is 0.167. The third kappa shape index (κ3) is 5.49. The first-order valence-corrected chi connectivity index (χ1v) is 7.99. The number of amides is 2. The van der Waals surface area contributed by atoms with Gasteiger partial charge >= 0.3 is 0 Å². The number of hydrogen-bond acceptors (Lipinski definition) is 5. The van der Waals surface area contributed by atoms with Crippen molar-refractivity contribution >= 4 is 29.6 Å². The molecule has 2 aromatic rings. The van der Waals surface area contributed by atoms with Crippen LogP contribution in [0.25, 0.3) is 0 Å². The number of benzene rings is 2. The Bertz CT molecular complexity index is 824. The van der Waals surface area contributed by atoms with E-state index in [-0.39, 0.29) is 6.54 Å². The standard InChI is InChI=1S/C18H18ClN3O4/c1-25-15-7-6-12(8-16(15)26-2)10-21-22-17(23)11-20-18(24)13-4-3-5-14(19)9-13/h3-10H,11H2,1-2H3,(H,20,24)(H,22,23)/b21-10-. The van der Waals surface area contributed by atoms with Crippen LogP contribution in [0.3, 0.4) is 0 Å². The van der Waals surface area contributed by atoms with E-state index in [1.165, 1.54) is 19.4 Å². The number of nitrogens with one attached hydrogen (secondary N) is 2. The lowest BCUT2D eigenvalue weighted by atomic mass is 10.2. The summed E-state index contributed by atoms with van der Waals surface area (Å²) >= 11 is 5.82. The van der Waals surface area contributed by atoms with Crippen LogP contribution < -0.4 is 20.2 Å². The van der Waals surface area contributed by atoms with Gasteiger partial charge < -0.3 is 14.8 Å². The van der Waals surface area contributed by atoms with Crippen LogP contribution in [0.5, 0.6) is 11.5 Å². The lowest BCUT2D eigenvalue weighted by molar-refractivity contribution is -0.120. The molecule has 2 amide bonds. The fourth-order valence-electron chi connectivity index (χ4n) is 2.04. The van der Waals surface area contributed by atoms with Crippen LogP contribution in [-0.4, -0.2) is 38.8 Å². The van der Waals surface area contributed by atoms with E-state index in [2.05, 4.69) is 15.8 Å². The van der Waals surface area contributed by atoms with Gasteiger partial charge in [0.25, 0.3) is 11.8 Å². The van der Waals surface area contributed by atoms with E-state index in [1.54, 1.807) is 43.5 Å². The van der Waals surface area contributed by atoms with Crippen molar-refractivity contribution in [1.29, 1.82) is 0 Å². The van der Waals surface area contributed by atoms with Crippen LogP contribution in [0.15, 0.2) is 47.6 Å². The molecular weight excluding hydrogens is 358 g/mol. The molecule has 0 aliphatic heterocycles. The van der Waals surface area contributed by atoms with Crippen LogP contribution in [0.4, 0.5) is 0 Å². The minimum atomic E-state index is -0.461. The van der Waals surface area contributed by atoms with Crippen molar-refractivity contribution in [3.63, 3.8) is 0 Å². The molecule has 0 aromatic heterocycles. The molecule has 2 rings (SSSR count). The maximum Gasteiger partial charge on any atom is 0.259 e. The Morgan fingerprint density at radius 3 is 2.58 bits per heavy atom. The number of nitrogens with zero attached hydrogens (tertiary/aromatic N) is 1. The summed E-state index contributed by atoms with van der Waals surface area (Å²) in [5.74, 6) is 0.289. The van der Waals surface area contributed by atoms with Gasteiger partial charge in [-0.05, 0) is 42.0 Å². The SMILES string of the molecule is COc1ccc(/C=N\NC(=O)CNC(=O)c2cccc(Cl)c2)cc1OC. The maximum atomic E-state index is 11.9. The Labute approximate surface area is 155 Å². The first-order valence-electron chi connectivity index (χ1n) is 7.61. The van der Waals surface area contributed by atoms with Crippen LogP contribution in [-0.2, 0) is 4.79 Å². The second-order valence-electron chi connectivity index (χ2n) is 5.10. The number of hydrazone groups is 1. The van der Waals surface area contributed by atoms with E-state index in [9.17, 15) is 9.59 Å². The summed E-state index contributed by atoms with van der Waals surface area (Å²) < 4.78 is 10.3. The highest BCUT2D eigenvalue weighted by Crippen LogP contribution is 2.26. The van der Waals surface area contributed by atoms with Gasteiger partial charge in [0.1, 0.15) is 0 Å². The summed E-state index contributed by atoms with van der Waals surface area (Å²) in [6, 6.07) is 11.7. The van der Waals surface area contributed by atoms with E-state index >= 15 is 0 Å². The quantitative estimate of drug-likeness (QED) is 0.573. The topological polar surface area (TPSA) is 89.0 Å². The number of carbonyl (C=O) groups excluding carboxylic acids is 2. The molecule has 0 aliphatic rings. The van der Waals surface area contributed by atoms with Gasteiger partial charge in [-0.15, -0.1) is 0 Å². The van der Waals surface area contributed by atoms with Crippen molar-refractivity contribution in [1.82, 2.24) is 10.7 Å². The molecule has 0 unspecified atom stereocenters. The summed E-state index contributed by atoms with van der Waals surface area (Å²) in [7, 11) is 3.08. The number of carbonyl (C=O) groups is 2. The van der Waals surface area contributed by atoms with E-state index in [0.29, 0.717) is 27.6 Å².